The lowest BCUT2D eigenvalue weighted by Gasteiger charge is -2.20. The summed E-state index contributed by atoms with van der Waals surface area (Å²) in [5.74, 6) is 0.875. The van der Waals surface area contributed by atoms with Crippen LogP contribution in [0.1, 0.15) is 23.7 Å². The Morgan fingerprint density at radius 2 is 1.67 bits per heavy atom. The molecule has 0 aliphatic heterocycles. The van der Waals surface area contributed by atoms with Gasteiger partial charge in [-0.25, -0.2) is 0 Å². The highest BCUT2D eigenvalue weighted by molar-refractivity contribution is 5.32. The van der Waals surface area contributed by atoms with Gasteiger partial charge in [0.05, 0.1) is 0 Å². The maximum absolute atomic E-state index is 9.17. The second-order valence-corrected chi connectivity index (χ2v) is 4.29. The zero-order valence-electron chi connectivity index (χ0n) is 10.5. The van der Waals surface area contributed by atoms with Crippen molar-refractivity contribution in [2.75, 3.05) is 6.61 Å². The van der Waals surface area contributed by atoms with Crippen molar-refractivity contribution in [3.05, 3.63) is 65.7 Å². The lowest BCUT2D eigenvalue weighted by Crippen LogP contribution is -2.10. The third-order valence-corrected chi connectivity index (χ3v) is 2.93. The third-order valence-electron chi connectivity index (χ3n) is 2.93. The van der Waals surface area contributed by atoms with E-state index in [1.54, 1.807) is 0 Å². The molecule has 2 rings (SSSR count). The first-order valence-corrected chi connectivity index (χ1v) is 6.19. The lowest BCUT2D eigenvalue weighted by atomic mass is 10.1. The van der Waals surface area contributed by atoms with Crippen LogP contribution in [0.3, 0.4) is 0 Å². The largest absolute Gasteiger partial charge is 0.485 e. The molecule has 0 aliphatic carbocycles. The van der Waals surface area contributed by atoms with Crippen LogP contribution in [0.15, 0.2) is 54.6 Å². The molecule has 0 saturated carbocycles. The maximum atomic E-state index is 9.17. The zero-order valence-corrected chi connectivity index (χ0v) is 10.5. The molecule has 0 aliphatic rings. The van der Waals surface area contributed by atoms with Gasteiger partial charge in [0.15, 0.2) is 0 Å². The summed E-state index contributed by atoms with van der Waals surface area (Å²) in [6.07, 6.45) is 0.496. The van der Waals surface area contributed by atoms with Gasteiger partial charge in [0.2, 0.25) is 0 Å². The summed E-state index contributed by atoms with van der Waals surface area (Å²) in [6, 6.07) is 17.9. The van der Waals surface area contributed by atoms with E-state index in [1.807, 2.05) is 61.5 Å². The van der Waals surface area contributed by atoms with E-state index in [-0.39, 0.29) is 12.7 Å². The topological polar surface area (TPSA) is 29.5 Å². The molecular formula is C16H18O2. The van der Waals surface area contributed by atoms with E-state index < -0.39 is 0 Å². The second-order valence-electron chi connectivity index (χ2n) is 4.29. The van der Waals surface area contributed by atoms with E-state index in [0.717, 1.165) is 16.9 Å². The highest BCUT2D eigenvalue weighted by Crippen LogP contribution is 2.26. The molecule has 0 heterocycles. The zero-order chi connectivity index (χ0) is 12.8. The van der Waals surface area contributed by atoms with Gasteiger partial charge < -0.3 is 9.84 Å². The van der Waals surface area contributed by atoms with Crippen molar-refractivity contribution in [2.24, 2.45) is 0 Å². The second kappa shape index (κ2) is 6.22. The number of benzene rings is 2. The number of aliphatic hydroxyl groups is 1. The Morgan fingerprint density at radius 1 is 1.00 bits per heavy atom. The molecule has 0 aromatic heterocycles. The predicted octanol–water partition coefficient (Wildman–Crippen LogP) is 3.50. The summed E-state index contributed by atoms with van der Waals surface area (Å²) in [6.45, 7) is 2.14. The van der Waals surface area contributed by atoms with Crippen LogP contribution in [-0.4, -0.2) is 11.7 Å². The third kappa shape index (κ3) is 3.11. The molecule has 2 heteroatoms. The van der Waals surface area contributed by atoms with E-state index in [0.29, 0.717) is 6.42 Å². The first-order chi connectivity index (χ1) is 8.81. The van der Waals surface area contributed by atoms with Gasteiger partial charge in [-0.15, -0.1) is 0 Å². The number of hydrogen-bond donors (Lipinski definition) is 1. The van der Waals surface area contributed by atoms with Crippen molar-refractivity contribution in [3.8, 4) is 5.75 Å². The van der Waals surface area contributed by atoms with Crippen LogP contribution in [0.2, 0.25) is 0 Å². The van der Waals surface area contributed by atoms with Gasteiger partial charge in [0.1, 0.15) is 11.9 Å². The number of rotatable bonds is 5. The van der Waals surface area contributed by atoms with E-state index in [4.69, 9.17) is 9.84 Å². The smallest absolute Gasteiger partial charge is 0.126 e. The van der Waals surface area contributed by atoms with E-state index in [9.17, 15) is 0 Å². The maximum Gasteiger partial charge on any atom is 0.126 e. The number of ether oxygens (including phenoxy) is 1. The van der Waals surface area contributed by atoms with Crippen molar-refractivity contribution in [1.82, 2.24) is 0 Å². The van der Waals surface area contributed by atoms with Crippen molar-refractivity contribution >= 4 is 0 Å². The van der Waals surface area contributed by atoms with Crippen LogP contribution < -0.4 is 4.74 Å². The van der Waals surface area contributed by atoms with Gasteiger partial charge in [-0.05, 0) is 24.1 Å². The Labute approximate surface area is 108 Å². The molecule has 0 unspecified atom stereocenters. The number of hydrogen-bond acceptors (Lipinski definition) is 2. The van der Waals surface area contributed by atoms with Crippen molar-refractivity contribution in [1.29, 1.82) is 0 Å². The average Bonchev–Trinajstić information content (AvgIpc) is 2.42. The van der Waals surface area contributed by atoms with Gasteiger partial charge in [-0.3, -0.25) is 0 Å². The summed E-state index contributed by atoms with van der Waals surface area (Å²) < 4.78 is 6.01. The Kier molecular flexibility index (Phi) is 4.37. The standard InChI is InChI=1S/C16H18O2/c1-13-7-5-6-10-15(13)18-16(11-12-17)14-8-3-2-4-9-14/h2-10,16-17H,11-12H2,1H3/t16-/m1/s1. The summed E-state index contributed by atoms with van der Waals surface area (Å²) in [5.41, 5.74) is 2.20. The highest BCUT2D eigenvalue weighted by Gasteiger charge is 2.13. The molecule has 94 valence electrons. The van der Waals surface area contributed by atoms with Crippen molar-refractivity contribution in [2.45, 2.75) is 19.4 Å². The summed E-state index contributed by atoms with van der Waals surface area (Å²) in [5, 5.41) is 9.17. The summed E-state index contributed by atoms with van der Waals surface area (Å²) in [7, 11) is 0. The molecule has 0 fully saturated rings. The van der Waals surface area contributed by atoms with Crippen LogP contribution in [-0.2, 0) is 0 Å². The fourth-order valence-electron chi connectivity index (χ4n) is 1.92. The van der Waals surface area contributed by atoms with Gasteiger partial charge in [-0.2, -0.15) is 0 Å². The summed E-state index contributed by atoms with van der Waals surface area (Å²) in [4.78, 5) is 0. The quantitative estimate of drug-likeness (QED) is 0.869. The van der Waals surface area contributed by atoms with Crippen LogP contribution in [0.4, 0.5) is 0 Å². The first-order valence-electron chi connectivity index (χ1n) is 6.19. The van der Waals surface area contributed by atoms with Crippen LogP contribution in [0.5, 0.6) is 5.75 Å². The molecular weight excluding hydrogens is 224 g/mol. The Morgan fingerprint density at radius 3 is 2.33 bits per heavy atom. The van der Waals surface area contributed by atoms with Crippen LogP contribution >= 0.6 is 0 Å². The number of aryl methyl sites for hydroxylation is 1. The molecule has 1 atom stereocenters. The minimum absolute atomic E-state index is 0.0997. The number of para-hydroxylation sites is 1. The van der Waals surface area contributed by atoms with Gasteiger partial charge in [-0.1, -0.05) is 48.5 Å². The monoisotopic (exact) mass is 242 g/mol. The molecule has 2 nitrogen and oxygen atoms in total. The average molecular weight is 242 g/mol. The number of aliphatic hydroxyl groups excluding tert-OH is 1. The van der Waals surface area contributed by atoms with Crippen molar-refractivity contribution < 1.29 is 9.84 Å². The van der Waals surface area contributed by atoms with Gasteiger partial charge in [0.25, 0.3) is 0 Å². The normalized spacial score (nSPS) is 12.1. The molecule has 0 spiro atoms. The SMILES string of the molecule is Cc1ccccc1O[C@H](CCO)c1ccccc1. The predicted molar refractivity (Wildman–Crippen MR) is 72.7 cm³/mol. The Hall–Kier alpha value is -1.80. The van der Waals surface area contributed by atoms with Crippen LogP contribution in [0, 0.1) is 6.92 Å². The first kappa shape index (κ1) is 12.7. The molecule has 0 bridgehead atoms. The minimum Gasteiger partial charge on any atom is -0.485 e. The van der Waals surface area contributed by atoms with Crippen molar-refractivity contribution in [3.63, 3.8) is 0 Å². The van der Waals surface area contributed by atoms with Gasteiger partial charge >= 0.3 is 0 Å². The Balaban J connectivity index is 2.19. The van der Waals surface area contributed by atoms with E-state index in [2.05, 4.69) is 0 Å². The molecule has 0 saturated heterocycles. The molecule has 18 heavy (non-hydrogen) atoms. The lowest BCUT2D eigenvalue weighted by molar-refractivity contribution is 0.155. The fraction of sp³-hybridized carbons (Fsp3) is 0.250. The summed E-state index contributed by atoms with van der Waals surface area (Å²) >= 11 is 0. The van der Waals surface area contributed by atoms with Gasteiger partial charge in [0, 0.05) is 13.0 Å². The molecule has 2 aromatic rings. The van der Waals surface area contributed by atoms with E-state index in [1.165, 1.54) is 0 Å². The van der Waals surface area contributed by atoms with Crippen LogP contribution in [0.25, 0.3) is 0 Å². The van der Waals surface area contributed by atoms with E-state index >= 15 is 0 Å². The molecule has 2 aromatic carbocycles. The molecule has 0 amide bonds. The minimum atomic E-state index is -0.0997. The Bertz CT molecular complexity index is 479. The highest BCUT2D eigenvalue weighted by atomic mass is 16.5. The molecule has 1 N–H and O–H groups in total. The molecule has 0 radical (unpaired) electrons. The fourth-order valence-corrected chi connectivity index (χ4v) is 1.92.